The molecule has 3 N–H and O–H groups in total. The summed E-state index contributed by atoms with van der Waals surface area (Å²) >= 11 is 0. The molecule has 8 heteroatoms. The average Bonchev–Trinajstić information content (AvgIpc) is 2.79. The minimum Gasteiger partial charge on any atom is -0.340 e. The molecule has 2 aromatic rings. The van der Waals surface area contributed by atoms with Crippen molar-refractivity contribution in [1.29, 1.82) is 0 Å². The van der Waals surface area contributed by atoms with Crippen molar-refractivity contribution in [3.63, 3.8) is 0 Å². The highest BCUT2D eigenvalue weighted by Crippen LogP contribution is 2.24. The number of carbonyl (C=O) groups excluding carboxylic acids is 1. The van der Waals surface area contributed by atoms with Crippen molar-refractivity contribution >= 4 is 21.6 Å². The van der Waals surface area contributed by atoms with Crippen LogP contribution < -0.4 is 10.5 Å². The Morgan fingerprint density at radius 3 is 2.29 bits per heavy atom. The molecule has 0 unspecified atom stereocenters. The lowest BCUT2D eigenvalue weighted by Crippen LogP contribution is -2.16. The molecule has 0 fully saturated rings. The first-order chi connectivity index (χ1) is 9.68. The van der Waals surface area contributed by atoms with Crippen LogP contribution in [0.4, 0.5) is 5.69 Å². The molecule has 0 atom stereocenters. The number of nitrogens with zero attached hydrogens (tertiary/aromatic N) is 2. The number of aromatic nitrogens is 2. The minimum atomic E-state index is -3.77. The summed E-state index contributed by atoms with van der Waals surface area (Å²) in [5.41, 5.74) is 2.07. The molecule has 1 aromatic heterocycles. The molecular weight excluding hydrogens is 292 g/mol. The van der Waals surface area contributed by atoms with Gasteiger partial charge in [0.25, 0.3) is 5.91 Å². The molecule has 0 bridgehead atoms. The molecule has 0 aliphatic carbocycles. The lowest BCUT2D eigenvalue weighted by Gasteiger charge is -2.12. The Kier molecular flexibility index (Phi) is 3.84. The summed E-state index contributed by atoms with van der Waals surface area (Å²) in [6.07, 6.45) is 3.12. The SMILES string of the molecule is Cc1cc(S(N)(=O)=O)cc(C)c1NC(=O)c1cn(C)cn1. The van der Waals surface area contributed by atoms with E-state index >= 15 is 0 Å². The van der Waals surface area contributed by atoms with Crippen LogP contribution >= 0.6 is 0 Å². The quantitative estimate of drug-likeness (QED) is 0.879. The van der Waals surface area contributed by atoms with Gasteiger partial charge < -0.3 is 9.88 Å². The van der Waals surface area contributed by atoms with E-state index in [-0.39, 0.29) is 16.5 Å². The normalized spacial score (nSPS) is 11.4. The molecule has 112 valence electrons. The van der Waals surface area contributed by atoms with Gasteiger partial charge in [-0.05, 0) is 37.1 Å². The largest absolute Gasteiger partial charge is 0.340 e. The Labute approximate surface area is 122 Å². The standard InChI is InChI=1S/C13H16N4O3S/c1-8-4-10(21(14,19)20)5-9(2)12(8)16-13(18)11-6-17(3)7-15-11/h4-7H,1-3H3,(H,16,18)(H2,14,19,20). The molecule has 0 aliphatic rings. The minimum absolute atomic E-state index is 0.0216. The van der Waals surface area contributed by atoms with Gasteiger partial charge in [0.2, 0.25) is 10.0 Å². The highest BCUT2D eigenvalue weighted by atomic mass is 32.2. The van der Waals surface area contributed by atoms with Crippen LogP contribution in [-0.2, 0) is 17.1 Å². The zero-order valence-corrected chi connectivity index (χ0v) is 12.7. The maximum Gasteiger partial charge on any atom is 0.275 e. The third-order valence-corrected chi connectivity index (χ3v) is 3.90. The van der Waals surface area contributed by atoms with E-state index in [1.165, 1.54) is 18.5 Å². The Balaban J connectivity index is 2.35. The monoisotopic (exact) mass is 308 g/mol. The fourth-order valence-corrected chi connectivity index (χ4v) is 2.67. The van der Waals surface area contributed by atoms with Gasteiger partial charge in [-0.3, -0.25) is 4.79 Å². The second kappa shape index (κ2) is 5.30. The van der Waals surface area contributed by atoms with E-state index in [9.17, 15) is 13.2 Å². The third-order valence-electron chi connectivity index (χ3n) is 3.01. The number of amides is 1. The number of anilines is 1. The highest BCUT2D eigenvalue weighted by molar-refractivity contribution is 7.89. The number of nitrogens with one attached hydrogen (secondary N) is 1. The van der Waals surface area contributed by atoms with E-state index in [1.807, 2.05) is 0 Å². The number of hydrogen-bond acceptors (Lipinski definition) is 4. The number of benzene rings is 1. The van der Waals surface area contributed by atoms with Gasteiger partial charge in [0.1, 0.15) is 5.69 Å². The summed E-state index contributed by atoms with van der Waals surface area (Å²) in [6.45, 7) is 3.41. The first-order valence-electron chi connectivity index (χ1n) is 6.12. The number of aryl methyl sites for hydroxylation is 3. The number of carbonyl (C=O) groups is 1. The molecule has 0 saturated carbocycles. The Hall–Kier alpha value is -2.19. The number of nitrogens with two attached hydrogens (primary N) is 1. The summed E-state index contributed by atoms with van der Waals surface area (Å²) in [4.78, 5) is 16.1. The van der Waals surface area contributed by atoms with Gasteiger partial charge in [-0.2, -0.15) is 0 Å². The number of primary sulfonamides is 1. The number of sulfonamides is 1. The average molecular weight is 308 g/mol. The van der Waals surface area contributed by atoms with Gasteiger partial charge in [0.15, 0.2) is 0 Å². The van der Waals surface area contributed by atoms with Gasteiger partial charge in [0, 0.05) is 18.9 Å². The molecule has 21 heavy (non-hydrogen) atoms. The van der Waals surface area contributed by atoms with Gasteiger partial charge in [-0.15, -0.1) is 0 Å². The lowest BCUT2D eigenvalue weighted by molar-refractivity contribution is 0.102. The summed E-state index contributed by atoms with van der Waals surface area (Å²) < 4.78 is 24.4. The van der Waals surface area contributed by atoms with Gasteiger partial charge in [-0.25, -0.2) is 18.5 Å². The van der Waals surface area contributed by atoms with Crippen LogP contribution in [0.1, 0.15) is 21.6 Å². The predicted molar refractivity (Wildman–Crippen MR) is 78.5 cm³/mol. The molecular formula is C13H16N4O3S. The van der Waals surface area contributed by atoms with E-state index in [4.69, 9.17) is 5.14 Å². The van der Waals surface area contributed by atoms with Crippen LogP contribution in [0.3, 0.4) is 0 Å². The third kappa shape index (κ3) is 3.29. The maximum atomic E-state index is 12.1. The van der Waals surface area contributed by atoms with Crippen molar-refractivity contribution in [3.8, 4) is 0 Å². The van der Waals surface area contributed by atoms with Crippen LogP contribution in [0.25, 0.3) is 0 Å². The van der Waals surface area contributed by atoms with Gasteiger partial charge >= 0.3 is 0 Å². The molecule has 0 radical (unpaired) electrons. The molecule has 1 amide bonds. The fourth-order valence-electron chi connectivity index (χ4n) is 1.99. The summed E-state index contributed by atoms with van der Waals surface area (Å²) in [5, 5.41) is 7.85. The van der Waals surface area contributed by atoms with Crippen molar-refractivity contribution in [2.75, 3.05) is 5.32 Å². The van der Waals surface area contributed by atoms with E-state index in [0.29, 0.717) is 16.8 Å². The molecule has 0 spiro atoms. The topological polar surface area (TPSA) is 107 Å². The Morgan fingerprint density at radius 1 is 1.29 bits per heavy atom. The molecule has 1 aromatic carbocycles. The highest BCUT2D eigenvalue weighted by Gasteiger charge is 2.16. The number of hydrogen-bond donors (Lipinski definition) is 2. The van der Waals surface area contributed by atoms with Crippen LogP contribution in [0.15, 0.2) is 29.6 Å². The van der Waals surface area contributed by atoms with E-state index in [1.54, 1.807) is 31.7 Å². The summed E-state index contributed by atoms with van der Waals surface area (Å²) in [6, 6.07) is 2.85. The smallest absolute Gasteiger partial charge is 0.275 e. The van der Waals surface area contributed by atoms with Gasteiger partial charge in [0.05, 0.1) is 11.2 Å². The van der Waals surface area contributed by atoms with Crippen LogP contribution in [0, 0.1) is 13.8 Å². The Bertz CT molecular complexity index is 786. The second-order valence-corrected chi connectivity index (χ2v) is 6.42. The summed E-state index contributed by atoms with van der Waals surface area (Å²) in [5.74, 6) is -0.356. The second-order valence-electron chi connectivity index (χ2n) is 4.86. The summed E-state index contributed by atoms with van der Waals surface area (Å²) in [7, 11) is -2.01. The van der Waals surface area contributed by atoms with E-state index < -0.39 is 10.0 Å². The Morgan fingerprint density at radius 2 is 1.86 bits per heavy atom. The maximum absolute atomic E-state index is 12.1. The molecule has 2 rings (SSSR count). The zero-order valence-electron chi connectivity index (χ0n) is 11.9. The van der Waals surface area contributed by atoms with Crippen molar-refractivity contribution in [3.05, 3.63) is 41.5 Å². The first kappa shape index (κ1) is 15.2. The lowest BCUT2D eigenvalue weighted by atomic mass is 10.1. The molecule has 0 saturated heterocycles. The molecule has 7 nitrogen and oxygen atoms in total. The molecule has 1 heterocycles. The van der Waals surface area contributed by atoms with E-state index in [0.717, 1.165) is 0 Å². The molecule has 0 aliphatic heterocycles. The zero-order chi connectivity index (χ0) is 15.8. The van der Waals surface area contributed by atoms with Crippen molar-refractivity contribution < 1.29 is 13.2 Å². The first-order valence-corrected chi connectivity index (χ1v) is 7.66. The van der Waals surface area contributed by atoms with E-state index in [2.05, 4.69) is 10.3 Å². The predicted octanol–water partition coefficient (Wildman–Crippen LogP) is 0.937. The number of imidazole rings is 1. The van der Waals surface area contributed by atoms with Crippen molar-refractivity contribution in [1.82, 2.24) is 9.55 Å². The van der Waals surface area contributed by atoms with Gasteiger partial charge in [-0.1, -0.05) is 0 Å². The van der Waals surface area contributed by atoms with Crippen molar-refractivity contribution in [2.24, 2.45) is 12.2 Å². The van der Waals surface area contributed by atoms with Crippen LogP contribution in [0.5, 0.6) is 0 Å². The van der Waals surface area contributed by atoms with Crippen molar-refractivity contribution in [2.45, 2.75) is 18.7 Å². The van der Waals surface area contributed by atoms with Crippen LogP contribution in [0.2, 0.25) is 0 Å². The number of rotatable bonds is 3. The fraction of sp³-hybridized carbons (Fsp3) is 0.231. The van der Waals surface area contributed by atoms with Crippen LogP contribution in [-0.4, -0.2) is 23.9 Å².